The first-order valence-corrected chi connectivity index (χ1v) is 7.19. The van der Waals surface area contributed by atoms with Crippen LogP contribution in [0.25, 0.3) is 11.5 Å². The van der Waals surface area contributed by atoms with E-state index in [2.05, 4.69) is 30.9 Å². The molecule has 0 spiro atoms. The van der Waals surface area contributed by atoms with Crippen LogP contribution >= 0.6 is 15.9 Å². The average Bonchev–Trinajstić information content (AvgIpc) is 2.87. The van der Waals surface area contributed by atoms with Gasteiger partial charge >= 0.3 is 11.8 Å². The highest BCUT2D eigenvalue weighted by molar-refractivity contribution is 9.10. The lowest BCUT2D eigenvalue weighted by molar-refractivity contribution is -0.352. The van der Waals surface area contributed by atoms with Crippen LogP contribution in [0.1, 0.15) is 5.69 Å². The second kappa shape index (κ2) is 5.98. The minimum atomic E-state index is -0.269. The fourth-order valence-corrected chi connectivity index (χ4v) is 2.07. The lowest BCUT2D eigenvalue weighted by Crippen LogP contribution is -2.62. The number of rotatable bonds is 3. The molecule has 0 unspecified atom stereocenters. The molecule has 1 aromatic carbocycles. The Kier molecular flexibility index (Phi) is 3.88. The summed E-state index contributed by atoms with van der Waals surface area (Å²) in [5, 5.41) is 9.83. The Balaban J connectivity index is 1.88. The minimum absolute atomic E-state index is 0.269. The van der Waals surface area contributed by atoms with Crippen LogP contribution in [0.2, 0.25) is 0 Å². The smallest absolute Gasteiger partial charge is 0.323 e. The van der Waals surface area contributed by atoms with E-state index in [1.54, 1.807) is 18.2 Å². The predicted octanol–water partition coefficient (Wildman–Crippen LogP) is 1.62. The van der Waals surface area contributed by atoms with Crippen molar-refractivity contribution in [2.75, 3.05) is 5.73 Å². The van der Waals surface area contributed by atoms with Crippen molar-refractivity contribution in [2.24, 2.45) is 0 Å². The first kappa shape index (κ1) is 14.3. The Morgan fingerprint density at radius 1 is 1.14 bits per heavy atom. The Morgan fingerprint density at radius 2 is 1.91 bits per heavy atom. The number of oxazole rings is 1. The molecule has 0 bridgehead atoms. The number of hydrogen-bond acceptors (Lipinski definition) is 5. The Morgan fingerprint density at radius 3 is 2.64 bits per heavy atom. The number of nitrogens with two attached hydrogens (primary N) is 1. The highest BCUT2D eigenvalue weighted by Crippen LogP contribution is 2.26. The molecule has 110 valence electrons. The molecule has 3 rings (SSSR count). The highest BCUT2D eigenvalue weighted by atomic mass is 79.9. The number of halogens is 1. The molecule has 0 aliphatic heterocycles. The molecule has 6 nitrogen and oxygen atoms in total. The standard InChI is InChI=1S/C15H11BrN4O2/c16-10-6-4-9(5-7-10)14-19-11(15(21)22-14)8-18-13-3-1-2-12(17)20-13/h1-8,21H,(H2,17,20)/p+1/b18-8+. The van der Waals surface area contributed by atoms with Crippen LogP contribution in [-0.2, 0) is 0 Å². The summed E-state index contributed by atoms with van der Waals surface area (Å²) in [6, 6.07) is 12.6. The summed E-state index contributed by atoms with van der Waals surface area (Å²) < 4.78 is 6.22. The van der Waals surface area contributed by atoms with Gasteiger partial charge in [-0.15, -0.1) is 0 Å². The molecular formula is C15H12BrN4O2+. The molecular weight excluding hydrogens is 348 g/mol. The molecule has 0 aliphatic rings. The third kappa shape index (κ3) is 3.15. The largest absolute Gasteiger partial charge is 0.479 e. The van der Waals surface area contributed by atoms with Crippen molar-refractivity contribution in [2.45, 2.75) is 0 Å². The Labute approximate surface area is 134 Å². The molecule has 0 radical (unpaired) electrons. The van der Waals surface area contributed by atoms with E-state index in [1.807, 2.05) is 24.3 Å². The lowest BCUT2D eigenvalue weighted by Gasteiger charge is -1.94. The number of benzene rings is 1. The summed E-state index contributed by atoms with van der Waals surface area (Å²) in [4.78, 5) is 11.2. The zero-order valence-corrected chi connectivity index (χ0v) is 12.9. The quantitative estimate of drug-likeness (QED) is 0.617. The van der Waals surface area contributed by atoms with Crippen LogP contribution < -0.4 is 10.7 Å². The van der Waals surface area contributed by atoms with E-state index in [-0.39, 0.29) is 11.6 Å². The van der Waals surface area contributed by atoms with Gasteiger partial charge in [-0.3, -0.25) is 0 Å². The SMILES string of the molecule is Nc1cccc(/[NH+]=C/c2nc(-c3ccc(Br)cc3)oc2O)n1. The van der Waals surface area contributed by atoms with Gasteiger partial charge in [0.25, 0.3) is 0 Å². The molecule has 3 aromatic rings. The first-order valence-electron chi connectivity index (χ1n) is 6.40. The monoisotopic (exact) mass is 359 g/mol. The van der Waals surface area contributed by atoms with Crippen molar-refractivity contribution in [3.05, 3.63) is 52.6 Å². The molecule has 4 N–H and O–H groups in total. The van der Waals surface area contributed by atoms with Crippen LogP contribution in [0.4, 0.5) is 11.6 Å². The third-order valence-electron chi connectivity index (χ3n) is 2.85. The van der Waals surface area contributed by atoms with Crippen LogP contribution in [0, 0.1) is 0 Å². The number of aromatic nitrogens is 2. The average molecular weight is 360 g/mol. The maximum Gasteiger partial charge on any atom is 0.323 e. The van der Waals surface area contributed by atoms with E-state index < -0.39 is 0 Å². The summed E-state index contributed by atoms with van der Waals surface area (Å²) in [6.07, 6.45) is 1.50. The van der Waals surface area contributed by atoms with Gasteiger partial charge < -0.3 is 15.3 Å². The van der Waals surface area contributed by atoms with Crippen LogP contribution in [0.15, 0.2) is 51.4 Å². The molecule has 0 fully saturated rings. The maximum absolute atomic E-state index is 9.83. The maximum atomic E-state index is 9.83. The zero-order chi connectivity index (χ0) is 15.5. The fourth-order valence-electron chi connectivity index (χ4n) is 1.81. The number of hydrogen-bond donors (Lipinski definition) is 3. The van der Waals surface area contributed by atoms with Crippen LogP contribution in [0.5, 0.6) is 5.95 Å². The number of nitrogens with zero attached hydrogens (tertiary/aromatic N) is 2. The number of aromatic hydroxyl groups is 1. The first-order chi connectivity index (χ1) is 10.6. The van der Waals surface area contributed by atoms with E-state index >= 15 is 0 Å². The summed E-state index contributed by atoms with van der Waals surface area (Å²) in [5.41, 5.74) is 6.64. The van der Waals surface area contributed by atoms with Crippen LogP contribution in [-0.4, -0.2) is 21.3 Å². The lowest BCUT2D eigenvalue weighted by atomic mass is 10.2. The molecule has 7 heteroatoms. The van der Waals surface area contributed by atoms with Crippen molar-refractivity contribution >= 4 is 33.8 Å². The normalized spacial score (nSPS) is 11.1. The summed E-state index contributed by atoms with van der Waals surface area (Å²) >= 11 is 3.36. The number of pyridine rings is 1. The minimum Gasteiger partial charge on any atom is -0.479 e. The summed E-state index contributed by atoms with van der Waals surface area (Å²) in [6.45, 7) is 0. The zero-order valence-electron chi connectivity index (χ0n) is 11.3. The Hall–Kier alpha value is -2.67. The van der Waals surface area contributed by atoms with Crippen molar-refractivity contribution < 1.29 is 14.5 Å². The third-order valence-corrected chi connectivity index (χ3v) is 3.38. The van der Waals surface area contributed by atoms with Gasteiger partial charge in [-0.1, -0.05) is 15.9 Å². The van der Waals surface area contributed by atoms with E-state index in [1.165, 1.54) is 6.21 Å². The number of nitrogens with one attached hydrogen (secondary N) is 1. The fraction of sp³-hybridized carbons (Fsp3) is 0. The van der Waals surface area contributed by atoms with Gasteiger partial charge in [0, 0.05) is 22.2 Å². The van der Waals surface area contributed by atoms with Gasteiger partial charge in [-0.2, -0.15) is 0 Å². The molecule has 22 heavy (non-hydrogen) atoms. The molecule has 2 heterocycles. The van der Waals surface area contributed by atoms with Gasteiger partial charge in [0.1, 0.15) is 6.21 Å². The van der Waals surface area contributed by atoms with Crippen LogP contribution in [0.3, 0.4) is 0 Å². The van der Waals surface area contributed by atoms with E-state index in [9.17, 15) is 5.11 Å². The topological polar surface area (TPSA) is 99.1 Å². The molecule has 0 atom stereocenters. The number of anilines is 1. The van der Waals surface area contributed by atoms with E-state index in [0.717, 1.165) is 10.0 Å². The molecule has 0 saturated carbocycles. The summed E-state index contributed by atoms with van der Waals surface area (Å²) in [7, 11) is 0. The van der Waals surface area contributed by atoms with Gasteiger partial charge in [0.05, 0.1) is 0 Å². The second-order valence-corrected chi connectivity index (χ2v) is 5.37. The molecule has 0 amide bonds. The van der Waals surface area contributed by atoms with E-state index in [0.29, 0.717) is 17.5 Å². The van der Waals surface area contributed by atoms with Crippen molar-refractivity contribution in [1.29, 1.82) is 0 Å². The van der Waals surface area contributed by atoms with Gasteiger partial charge in [0.15, 0.2) is 5.69 Å². The second-order valence-electron chi connectivity index (χ2n) is 4.45. The highest BCUT2D eigenvalue weighted by Gasteiger charge is 2.13. The Bertz CT molecular complexity index is 828. The molecule has 2 aromatic heterocycles. The van der Waals surface area contributed by atoms with Gasteiger partial charge in [0.2, 0.25) is 11.7 Å². The van der Waals surface area contributed by atoms with Crippen molar-refractivity contribution in [3.8, 4) is 17.4 Å². The molecule has 0 aliphatic carbocycles. The molecule has 0 saturated heterocycles. The van der Waals surface area contributed by atoms with Crippen molar-refractivity contribution in [1.82, 2.24) is 9.97 Å². The van der Waals surface area contributed by atoms with Gasteiger partial charge in [-0.05, 0) is 35.3 Å². The summed E-state index contributed by atoms with van der Waals surface area (Å²) in [5.74, 6) is 1.01. The van der Waals surface area contributed by atoms with Crippen molar-refractivity contribution in [3.63, 3.8) is 0 Å². The predicted molar refractivity (Wildman–Crippen MR) is 85.7 cm³/mol. The van der Waals surface area contributed by atoms with Gasteiger partial charge in [-0.25, -0.2) is 9.98 Å². The van der Waals surface area contributed by atoms with E-state index in [4.69, 9.17) is 10.2 Å². The number of nitrogen functional groups attached to an aromatic ring is 1.